The molecular formula is C13H12F2N2. The zero-order valence-corrected chi connectivity index (χ0v) is 9.40. The average molecular weight is 234 g/mol. The second-order valence-corrected chi connectivity index (χ2v) is 3.79. The molecule has 0 atom stereocenters. The molecule has 1 aromatic carbocycles. The van der Waals surface area contributed by atoms with Crippen molar-refractivity contribution in [3.8, 4) is 0 Å². The molecule has 0 N–H and O–H groups in total. The Bertz CT molecular complexity index is 497. The molecule has 0 saturated carbocycles. The summed E-state index contributed by atoms with van der Waals surface area (Å²) in [5, 5.41) is 0. The van der Waals surface area contributed by atoms with Crippen molar-refractivity contribution < 1.29 is 8.78 Å². The van der Waals surface area contributed by atoms with Gasteiger partial charge in [0.2, 0.25) is 0 Å². The molecule has 0 aliphatic heterocycles. The van der Waals surface area contributed by atoms with Crippen LogP contribution in [-0.2, 0) is 6.54 Å². The fraction of sp³-hybridized carbons (Fsp3) is 0.154. The van der Waals surface area contributed by atoms with Crippen molar-refractivity contribution in [2.45, 2.75) is 6.54 Å². The highest BCUT2D eigenvalue weighted by atomic mass is 19.1. The minimum Gasteiger partial charge on any atom is -0.353 e. The first-order valence-corrected chi connectivity index (χ1v) is 5.23. The highest BCUT2D eigenvalue weighted by Crippen LogP contribution is 2.16. The molecule has 0 unspecified atom stereocenters. The average Bonchev–Trinajstić information content (AvgIpc) is 2.32. The minimum absolute atomic E-state index is 0.277. The van der Waals surface area contributed by atoms with Gasteiger partial charge in [-0.1, -0.05) is 12.1 Å². The van der Waals surface area contributed by atoms with Crippen LogP contribution in [0.1, 0.15) is 5.56 Å². The molecule has 17 heavy (non-hydrogen) atoms. The van der Waals surface area contributed by atoms with Crippen molar-refractivity contribution >= 4 is 5.82 Å². The van der Waals surface area contributed by atoms with E-state index >= 15 is 0 Å². The number of anilines is 1. The van der Waals surface area contributed by atoms with Crippen molar-refractivity contribution in [1.29, 1.82) is 0 Å². The van der Waals surface area contributed by atoms with Crippen LogP contribution in [0.25, 0.3) is 0 Å². The summed E-state index contributed by atoms with van der Waals surface area (Å²) in [4.78, 5) is 5.65. The molecule has 1 aromatic heterocycles. The van der Waals surface area contributed by atoms with E-state index in [1.165, 1.54) is 18.2 Å². The second-order valence-electron chi connectivity index (χ2n) is 3.79. The molecule has 2 rings (SSSR count). The zero-order valence-electron chi connectivity index (χ0n) is 9.40. The lowest BCUT2D eigenvalue weighted by Crippen LogP contribution is -2.18. The number of rotatable bonds is 3. The Morgan fingerprint density at radius 2 is 1.82 bits per heavy atom. The smallest absolute Gasteiger partial charge is 0.165 e. The highest BCUT2D eigenvalue weighted by molar-refractivity contribution is 5.39. The van der Waals surface area contributed by atoms with Crippen LogP contribution in [0.4, 0.5) is 14.6 Å². The second kappa shape index (κ2) is 4.91. The summed E-state index contributed by atoms with van der Waals surface area (Å²) in [6.45, 7) is 0.480. The number of hydrogen-bond donors (Lipinski definition) is 0. The normalized spacial score (nSPS) is 10.3. The van der Waals surface area contributed by atoms with Gasteiger partial charge in [-0.25, -0.2) is 13.8 Å². The lowest BCUT2D eigenvalue weighted by atomic mass is 10.2. The number of nitrogens with zero attached hydrogens (tertiary/aromatic N) is 2. The third-order valence-electron chi connectivity index (χ3n) is 2.43. The lowest BCUT2D eigenvalue weighted by molar-refractivity contribution is 0.614. The van der Waals surface area contributed by atoms with E-state index in [1.54, 1.807) is 36.3 Å². The van der Waals surface area contributed by atoms with Gasteiger partial charge in [-0.05, 0) is 29.8 Å². The van der Waals surface area contributed by atoms with E-state index in [2.05, 4.69) is 4.98 Å². The summed E-state index contributed by atoms with van der Waals surface area (Å²) in [5.74, 6) is -0.352. The van der Waals surface area contributed by atoms with Gasteiger partial charge in [-0.15, -0.1) is 0 Å². The number of hydrogen-bond acceptors (Lipinski definition) is 2. The Hall–Kier alpha value is -1.97. The summed E-state index contributed by atoms with van der Waals surface area (Å²) in [6.07, 6.45) is 1.54. The van der Waals surface area contributed by atoms with Gasteiger partial charge in [-0.2, -0.15) is 0 Å². The van der Waals surface area contributed by atoms with E-state index in [9.17, 15) is 8.78 Å². The predicted molar refractivity (Wildman–Crippen MR) is 62.7 cm³/mol. The fourth-order valence-electron chi connectivity index (χ4n) is 1.60. The molecule has 2 nitrogen and oxygen atoms in total. The maximum absolute atomic E-state index is 13.4. The van der Waals surface area contributed by atoms with E-state index in [-0.39, 0.29) is 17.5 Å². The van der Waals surface area contributed by atoms with E-state index in [4.69, 9.17) is 0 Å². The monoisotopic (exact) mass is 234 g/mol. The molecule has 2 aromatic rings. The van der Waals surface area contributed by atoms with Crippen LogP contribution >= 0.6 is 0 Å². The Balaban J connectivity index is 2.14. The van der Waals surface area contributed by atoms with Crippen molar-refractivity contribution in [3.63, 3.8) is 0 Å². The van der Waals surface area contributed by atoms with Crippen LogP contribution in [0.15, 0.2) is 42.6 Å². The Labute approximate surface area is 98.5 Å². The van der Waals surface area contributed by atoms with E-state index in [0.717, 1.165) is 5.56 Å². The zero-order chi connectivity index (χ0) is 12.3. The summed E-state index contributed by atoms with van der Waals surface area (Å²) in [6, 6.07) is 9.03. The maximum atomic E-state index is 13.4. The minimum atomic E-state index is -0.364. The van der Waals surface area contributed by atoms with Crippen LogP contribution < -0.4 is 4.90 Å². The van der Waals surface area contributed by atoms with Crippen LogP contribution in [0, 0.1) is 11.6 Å². The highest BCUT2D eigenvalue weighted by Gasteiger charge is 2.08. The first-order valence-electron chi connectivity index (χ1n) is 5.23. The molecule has 0 saturated heterocycles. The van der Waals surface area contributed by atoms with Gasteiger partial charge in [0.15, 0.2) is 11.6 Å². The third kappa shape index (κ3) is 2.78. The number of aromatic nitrogens is 1. The topological polar surface area (TPSA) is 16.1 Å². The van der Waals surface area contributed by atoms with Gasteiger partial charge in [0, 0.05) is 19.8 Å². The van der Waals surface area contributed by atoms with Crippen LogP contribution in [0.2, 0.25) is 0 Å². The predicted octanol–water partition coefficient (Wildman–Crippen LogP) is 3.00. The van der Waals surface area contributed by atoms with Gasteiger partial charge in [0.1, 0.15) is 5.82 Å². The number of pyridine rings is 1. The van der Waals surface area contributed by atoms with Crippen LogP contribution in [0.3, 0.4) is 0 Å². The number of halogens is 2. The summed E-state index contributed by atoms with van der Waals surface area (Å²) < 4.78 is 26.2. The van der Waals surface area contributed by atoms with E-state index < -0.39 is 0 Å². The molecule has 0 aliphatic rings. The Kier molecular flexibility index (Phi) is 3.32. The Morgan fingerprint density at radius 1 is 1.12 bits per heavy atom. The Morgan fingerprint density at radius 3 is 2.47 bits per heavy atom. The molecular weight excluding hydrogens is 222 g/mol. The first kappa shape index (κ1) is 11.5. The van der Waals surface area contributed by atoms with Gasteiger partial charge in [-0.3, -0.25) is 0 Å². The van der Waals surface area contributed by atoms with E-state index in [0.29, 0.717) is 6.54 Å². The largest absolute Gasteiger partial charge is 0.353 e. The molecule has 0 aliphatic carbocycles. The van der Waals surface area contributed by atoms with Crippen molar-refractivity contribution in [1.82, 2.24) is 4.98 Å². The summed E-state index contributed by atoms with van der Waals surface area (Å²) in [5.41, 5.74) is 0.902. The molecule has 4 heteroatoms. The van der Waals surface area contributed by atoms with Crippen molar-refractivity contribution in [3.05, 3.63) is 59.8 Å². The van der Waals surface area contributed by atoms with Gasteiger partial charge >= 0.3 is 0 Å². The lowest BCUT2D eigenvalue weighted by Gasteiger charge is -2.18. The maximum Gasteiger partial charge on any atom is 0.165 e. The standard InChI is InChI=1S/C13H12F2N2/c1-17(13-12(15)3-2-8-16-13)9-10-4-6-11(14)7-5-10/h2-8H,9H2,1H3. The van der Waals surface area contributed by atoms with E-state index in [1.807, 2.05) is 0 Å². The molecule has 0 spiro atoms. The van der Waals surface area contributed by atoms with Gasteiger partial charge in [0.25, 0.3) is 0 Å². The summed E-state index contributed by atoms with van der Waals surface area (Å²) in [7, 11) is 1.74. The molecule has 88 valence electrons. The van der Waals surface area contributed by atoms with Crippen LogP contribution in [0.5, 0.6) is 0 Å². The SMILES string of the molecule is CN(Cc1ccc(F)cc1)c1ncccc1F. The quantitative estimate of drug-likeness (QED) is 0.811. The molecule has 0 fully saturated rings. The molecule has 0 amide bonds. The van der Waals surface area contributed by atoms with Crippen molar-refractivity contribution in [2.24, 2.45) is 0 Å². The molecule has 1 heterocycles. The number of benzene rings is 1. The fourth-order valence-corrected chi connectivity index (χ4v) is 1.60. The van der Waals surface area contributed by atoms with Crippen LogP contribution in [-0.4, -0.2) is 12.0 Å². The van der Waals surface area contributed by atoms with Gasteiger partial charge < -0.3 is 4.90 Å². The molecule has 0 bridgehead atoms. The summed E-state index contributed by atoms with van der Waals surface area (Å²) >= 11 is 0. The molecule has 0 radical (unpaired) electrons. The van der Waals surface area contributed by atoms with Gasteiger partial charge in [0.05, 0.1) is 0 Å². The third-order valence-corrected chi connectivity index (χ3v) is 2.43. The van der Waals surface area contributed by atoms with Crippen molar-refractivity contribution in [2.75, 3.05) is 11.9 Å². The first-order chi connectivity index (χ1) is 8.16.